The number of hydrogen-bond acceptors (Lipinski definition) is 3. The fourth-order valence-electron chi connectivity index (χ4n) is 2.51. The van der Waals surface area contributed by atoms with Crippen molar-refractivity contribution < 1.29 is 8.81 Å². The van der Waals surface area contributed by atoms with E-state index in [4.69, 9.17) is 10.2 Å². The number of halogens is 1. The van der Waals surface area contributed by atoms with Crippen molar-refractivity contribution >= 4 is 27.6 Å². The van der Waals surface area contributed by atoms with Gasteiger partial charge in [-0.2, -0.15) is 0 Å². The van der Waals surface area contributed by atoms with Crippen molar-refractivity contribution in [1.29, 1.82) is 0 Å². The third-order valence-corrected chi connectivity index (χ3v) is 3.51. The molecule has 0 spiro atoms. The van der Waals surface area contributed by atoms with Gasteiger partial charge >= 0.3 is 0 Å². The second-order valence-corrected chi connectivity index (χ2v) is 4.89. The summed E-state index contributed by atoms with van der Waals surface area (Å²) in [7, 11) is 0. The zero-order valence-corrected chi connectivity index (χ0v) is 11.0. The number of oxazole rings is 1. The van der Waals surface area contributed by atoms with Crippen molar-refractivity contribution in [2.45, 2.75) is 0 Å². The Bertz CT molecular complexity index is 975. The lowest BCUT2D eigenvalue weighted by Crippen LogP contribution is -1.85. The summed E-state index contributed by atoms with van der Waals surface area (Å²) in [6.07, 6.45) is 0. The summed E-state index contributed by atoms with van der Waals surface area (Å²) < 4.78 is 19.6. The van der Waals surface area contributed by atoms with E-state index in [9.17, 15) is 4.39 Å². The normalized spacial score (nSPS) is 11.3. The van der Waals surface area contributed by atoms with Crippen LogP contribution in [0, 0.1) is 5.82 Å². The number of nitrogens with two attached hydrogens (primary N) is 1. The summed E-state index contributed by atoms with van der Waals surface area (Å²) in [4.78, 5) is 4.45. The van der Waals surface area contributed by atoms with Crippen molar-refractivity contribution in [3.8, 4) is 11.5 Å². The lowest BCUT2D eigenvalue weighted by atomic mass is 10.0. The Morgan fingerprint density at radius 3 is 2.62 bits per heavy atom. The molecule has 4 rings (SSSR count). The van der Waals surface area contributed by atoms with Gasteiger partial charge in [0.25, 0.3) is 0 Å². The van der Waals surface area contributed by atoms with E-state index >= 15 is 0 Å². The van der Waals surface area contributed by atoms with E-state index in [0.717, 1.165) is 10.9 Å². The summed E-state index contributed by atoms with van der Waals surface area (Å²) in [6, 6.07) is 15.7. The molecule has 0 atom stereocenters. The average molecular weight is 278 g/mol. The van der Waals surface area contributed by atoms with Gasteiger partial charge < -0.3 is 10.2 Å². The van der Waals surface area contributed by atoms with Gasteiger partial charge in [-0.25, -0.2) is 9.37 Å². The maximum atomic E-state index is 13.9. The van der Waals surface area contributed by atoms with Crippen LogP contribution < -0.4 is 5.73 Å². The molecule has 0 bridgehead atoms. The minimum Gasteiger partial charge on any atom is -0.436 e. The number of fused-ring (bicyclic) bond motifs is 2. The number of rotatable bonds is 1. The Hall–Kier alpha value is -2.88. The van der Waals surface area contributed by atoms with Crippen molar-refractivity contribution in [2.24, 2.45) is 0 Å². The molecule has 21 heavy (non-hydrogen) atoms. The quantitative estimate of drug-likeness (QED) is 0.526. The molecular formula is C17H11FN2O. The first-order valence-electron chi connectivity index (χ1n) is 6.56. The lowest BCUT2D eigenvalue weighted by molar-refractivity contribution is 0.619. The highest BCUT2D eigenvalue weighted by Gasteiger charge is 2.13. The van der Waals surface area contributed by atoms with Crippen LogP contribution in [-0.4, -0.2) is 4.98 Å². The van der Waals surface area contributed by atoms with E-state index < -0.39 is 0 Å². The molecule has 0 aliphatic rings. The van der Waals surface area contributed by atoms with Gasteiger partial charge in [0.1, 0.15) is 11.3 Å². The lowest BCUT2D eigenvalue weighted by Gasteiger charge is -2.03. The Kier molecular flexibility index (Phi) is 2.44. The Balaban J connectivity index is 2.02. The van der Waals surface area contributed by atoms with Crippen molar-refractivity contribution in [3.05, 3.63) is 60.4 Å². The van der Waals surface area contributed by atoms with E-state index in [1.54, 1.807) is 30.3 Å². The standard InChI is InChI=1S/C17H11FN2O/c18-14-7-6-13(11-3-1-2-4-12(11)14)17-20-15-9-10(19)5-8-16(15)21-17/h1-9H,19H2. The van der Waals surface area contributed by atoms with Crippen molar-refractivity contribution in [2.75, 3.05) is 5.73 Å². The smallest absolute Gasteiger partial charge is 0.227 e. The number of benzene rings is 3. The number of hydrogen-bond donors (Lipinski definition) is 1. The zero-order chi connectivity index (χ0) is 14.4. The SMILES string of the molecule is Nc1ccc2oc(-c3ccc(F)c4ccccc34)nc2c1. The van der Waals surface area contributed by atoms with Crippen LogP contribution in [0.1, 0.15) is 0 Å². The number of nitrogens with zero attached hydrogens (tertiary/aromatic N) is 1. The van der Waals surface area contributed by atoms with Gasteiger partial charge in [0, 0.05) is 16.6 Å². The molecular weight excluding hydrogens is 267 g/mol. The van der Waals surface area contributed by atoms with Gasteiger partial charge in [0.15, 0.2) is 5.58 Å². The first-order chi connectivity index (χ1) is 10.2. The highest BCUT2D eigenvalue weighted by molar-refractivity contribution is 5.96. The van der Waals surface area contributed by atoms with Gasteiger partial charge in [0.05, 0.1) is 0 Å². The summed E-state index contributed by atoms with van der Waals surface area (Å²) >= 11 is 0. The fourth-order valence-corrected chi connectivity index (χ4v) is 2.51. The predicted molar refractivity (Wildman–Crippen MR) is 81.3 cm³/mol. The van der Waals surface area contributed by atoms with Crippen LogP contribution in [0.2, 0.25) is 0 Å². The van der Waals surface area contributed by atoms with Gasteiger partial charge in [-0.15, -0.1) is 0 Å². The molecule has 1 heterocycles. The summed E-state index contributed by atoms with van der Waals surface area (Å²) in [6.45, 7) is 0. The Morgan fingerprint density at radius 2 is 1.76 bits per heavy atom. The molecule has 102 valence electrons. The van der Waals surface area contributed by atoms with Crippen LogP contribution in [-0.2, 0) is 0 Å². The topological polar surface area (TPSA) is 52.0 Å². The monoisotopic (exact) mass is 278 g/mol. The molecule has 0 unspecified atom stereocenters. The molecule has 0 amide bonds. The average Bonchev–Trinajstić information content (AvgIpc) is 2.90. The highest BCUT2D eigenvalue weighted by Crippen LogP contribution is 2.32. The van der Waals surface area contributed by atoms with Crippen LogP contribution in [0.4, 0.5) is 10.1 Å². The minimum atomic E-state index is -0.255. The molecule has 0 radical (unpaired) electrons. The summed E-state index contributed by atoms with van der Waals surface area (Å²) in [5.41, 5.74) is 8.50. The number of aromatic nitrogens is 1. The largest absolute Gasteiger partial charge is 0.436 e. The van der Waals surface area contributed by atoms with Gasteiger partial charge in [-0.1, -0.05) is 24.3 Å². The van der Waals surface area contributed by atoms with E-state index in [2.05, 4.69) is 4.98 Å². The molecule has 3 aromatic carbocycles. The molecule has 1 aromatic heterocycles. The van der Waals surface area contributed by atoms with Crippen molar-refractivity contribution in [3.63, 3.8) is 0 Å². The molecule has 2 N–H and O–H groups in total. The van der Waals surface area contributed by atoms with Crippen LogP contribution >= 0.6 is 0 Å². The highest BCUT2D eigenvalue weighted by atomic mass is 19.1. The molecule has 0 fully saturated rings. The van der Waals surface area contributed by atoms with Crippen LogP contribution in [0.25, 0.3) is 33.3 Å². The molecule has 0 saturated heterocycles. The molecule has 0 aliphatic carbocycles. The van der Waals surface area contributed by atoms with Crippen LogP contribution in [0.3, 0.4) is 0 Å². The second-order valence-electron chi connectivity index (χ2n) is 4.89. The molecule has 4 aromatic rings. The van der Waals surface area contributed by atoms with Crippen LogP contribution in [0.15, 0.2) is 59.0 Å². The molecule has 0 saturated carbocycles. The fraction of sp³-hybridized carbons (Fsp3) is 0. The zero-order valence-electron chi connectivity index (χ0n) is 11.0. The van der Waals surface area contributed by atoms with E-state index in [0.29, 0.717) is 28.1 Å². The van der Waals surface area contributed by atoms with E-state index in [-0.39, 0.29) is 5.82 Å². The van der Waals surface area contributed by atoms with Gasteiger partial charge in [-0.05, 0) is 35.7 Å². The van der Waals surface area contributed by atoms with E-state index in [1.807, 2.05) is 18.2 Å². The third kappa shape index (κ3) is 1.84. The van der Waals surface area contributed by atoms with Crippen molar-refractivity contribution in [1.82, 2.24) is 4.98 Å². The number of anilines is 1. The maximum absolute atomic E-state index is 13.9. The number of nitrogen functional groups attached to an aromatic ring is 1. The Morgan fingerprint density at radius 1 is 0.952 bits per heavy atom. The summed E-state index contributed by atoms with van der Waals surface area (Å²) in [5, 5.41) is 1.33. The Labute approximate surface area is 119 Å². The molecule has 3 nitrogen and oxygen atoms in total. The molecule has 4 heteroatoms. The minimum absolute atomic E-state index is 0.255. The second kappa shape index (κ2) is 4.31. The van der Waals surface area contributed by atoms with Gasteiger partial charge in [0.2, 0.25) is 5.89 Å². The van der Waals surface area contributed by atoms with Crippen LogP contribution in [0.5, 0.6) is 0 Å². The first-order valence-corrected chi connectivity index (χ1v) is 6.56. The first kappa shape index (κ1) is 11.9. The van der Waals surface area contributed by atoms with Gasteiger partial charge in [-0.3, -0.25) is 0 Å². The predicted octanol–water partition coefficient (Wildman–Crippen LogP) is 4.37. The molecule has 0 aliphatic heterocycles. The van der Waals surface area contributed by atoms with E-state index in [1.165, 1.54) is 6.07 Å². The maximum Gasteiger partial charge on any atom is 0.227 e. The summed E-state index contributed by atoms with van der Waals surface area (Å²) in [5.74, 6) is 0.210. The third-order valence-electron chi connectivity index (χ3n) is 3.51.